The molecular formula is C21H21Cl2N3O3. The van der Waals surface area contributed by atoms with Gasteiger partial charge in [-0.1, -0.05) is 35.3 Å². The zero-order chi connectivity index (χ0) is 21.5. The summed E-state index contributed by atoms with van der Waals surface area (Å²) in [6.07, 6.45) is -1.11. The van der Waals surface area contributed by atoms with E-state index in [-0.39, 0.29) is 21.8 Å². The summed E-state index contributed by atoms with van der Waals surface area (Å²) in [5.74, 6) is 0.282. The maximum atomic E-state index is 13.5. The fourth-order valence-electron chi connectivity index (χ4n) is 3.50. The Morgan fingerprint density at radius 2 is 1.83 bits per heavy atom. The Bertz CT molecular complexity index is 1150. The van der Waals surface area contributed by atoms with E-state index in [1.807, 2.05) is 0 Å². The summed E-state index contributed by atoms with van der Waals surface area (Å²) in [5.41, 5.74) is -0.213. The normalized spacial score (nSPS) is 12.8. The van der Waals surface area contributed by atoms with E-state index >= 15 is 0 Å². The molecule has 1 aromatic heterocycles. The van der Waals surface area contributed by atoms with Crippen LogP contribution in [0.25, 0.3) is 16.6 Å². The van der Waals surface area contributed by atoms with Crippen LogP contribution in [0.1, 0.15) is 39.6 Å². The summed E-state index contributed by atoms with van der Waals surface area (Å²) in [6, 6.07) is 11.0. The molecule has 0 aliphatic heterocycles. The molecule has 0 saturated heterocycles. The van der Waals surface area contributed by atoms with Crippen molar-refractivity contribution in [2.45, 2.75) is 39.3 Å². The van der Waals surface area contributed by atoms with Crippen LogP contribution in [0.5, 0.6) is 0 Å². The lowest BCUT2D eigenvalue weighted by atomic mass is 10.0. The molecule has 1 amide bonds. The molecule has 6 nitrogen and oxygen atoms in total. The summed E-state index contributed by atoms with van der Waals surface area (Å²) in [5, 5.41) is 10.8. The van der Waals surface area contributed by atoms with E-state index in [4.69, 9.17) is 23.2 Å². The number of halogens is 2. The molecule has 0 fully saturated rings. The van der Waals surface area contributed by atoms with E-state index in [9.17, 15) is 14.7 Å². The molecule has 1 heterocycles. The third kappa shape index (κ3) is 3.95. The highest BCUT2D eigenvalue weighted by Crippen LogP contribution is 2.30. The highest BCUT2D eigenvalue weighted by molar-refractivity contribution is 6.35. The molecule has 3 aromatic rings. The maximum absolute atomic E-state index is 13.5. The molecule has 29 heavy (non-hydrogen) atoms. The average molecular weight is 434 g/mol. The lowest BCUT2D eigenvalue weighted by Crippen LogP contribution is -2.47. The minimum atomic E-state index is -1.11. The van der Waals surface area contributed by atoms with Crippen LogP contribution >= 0.6 is 23.2 Å². The van der Waals surface area contributed by atoms with Gasteiger partial charge in [0.15, 0.2) is 0 Å². The van der Waals surface area contributed by atoms with E-state index in [1.54, 1.807) is 70.2 Å². The highest BCUT2D eigenvalue weighted by Gasteiger charge is 2.34. The summed E-state index contributed by atoms with van der Waals surface area (Å²) in [6.45, 7) is 7.07. The first-order valence-electron chi connectivity index (χ1n) is 9.01. The number of hydrogen-bond acceptors (Lipinski definition) is 3. The minimum Gasteiger partial charge on any atom is -0.465 e. The molecule has 2 aromatic carbocycles. The van der Waals surface area contributed by atoms with E-state index in [2.05, 4.69) is 4.98 Å². The number of amides is 1. The van der Waals surface area contributed by atoms with Crippen LogP contribution in [0.15, 0.2) is 47.3 Å². The van der Waals surface area contributed by atoms with Crippen molar-refractivity contribution < 1.29 is 9.90 Å². The van der Waals surface area contributed by atoms with Gasteiger partial charge in [-0.05, 0) is 58.0 Å². The van der Waals surface area contributed by atoms with Crippen LogP contribution in [0.2, 0.25) is 10.0 Å². The van der Waals surface area contributed by atoms with Gasteiger partial charge in [-0.2, -0.15) is 0 Å². The van der Waals surface area contributed by atoms with Crippen molar-refractivity contribution in [3.05, 3.63) is 68.7 Å². The Labute approximate surface area is 178 Å². The molecular weight excluding hydrogens is 413 g/mol. The minimum absolute atomic E-state index is 0.266. The number of hydrogen-bond donors (Lipinski definition) is 1. The Kier molecular flexibility index (Phi) is 5.61. The summed E-state index contributed by atoms with van der Waals surface area (Å²) < 4.78 is 1.38. The lowest BCUT2D eigenvalue weighted by molar-refractivity contribution is 0.0719. The van der Waals surface area contributed by atoms with Gasteiger partial charge in [0.2, 0.25) is 0 Å². The standard InChI is InChI=1S/C21H21Cl2N3O3/c1-12(26(20(28)29)21(2,3)4)18-24-16-10-6-9-15(23)17(16)19(27)25(18)14-8-5-7-13(22)11-14/h5-12H,1-4H3,(H,28,29)/t12-/m0/s1. The molecule has 0 unspecified atom stereocenters. The van der Waals surface area contributed by atoms with Gasteiger partial charge < -0.3 is 5.11 Å². The smallest absolute Gasteiger partial charge is 0.408 e. The second-order valence-electron chi connectivity index (χ2n) is 7.72. The molecule has 0 bridgehead atoms. The van der Waals surface area contributed by atoms with Crippen molar-refractivity contribution >= 4 is 40.2 Å². The number of rotatable bonds is 3. The first kappa shape index (κ1) is 21.1. The average Bonchev–Trinajstić information content (AvgIpc) is 2.59. The third-order valence-electron chi connectivity index (χ3n) is 4.63. The highest BCUT2D eigenvalue weighted by atomic mass is 35.5. The van der Waals surface area contributed by atoms with Gasteiger partial charge in [-0.15, -0.1) is 0 Å². The number of fused-ring (bicyclic) bond motifs is 1. The molecule has 1 atom stereocenters. The van der Waals surface area contributed by atoms with Crippen molar-refractivity contribution in [2.75, 3.05) is 0 Å². The first-order valence-corrected chi connectivity index (χ1v) is 9.77. The van der Waals surface area contributed by atoms with E-state index in [0.717, 1.165) is 0 Å². The van der Waals surface area contributed by atoms with Crippen LogP contribution in [-0.4, -0.2) is 31.2 Å². The Hall–Kier alpha value is -2.57. The molecule has 8 heteroatoms. The van der Waals surface area contributed by atoms with Crippen molar-refractivity contribution in [3.63, 3.8) is 0 Å². The topological polar surface area (TPSA) is 75.4 Å². The van der Waals surface area contributed by atoms with Crippen LogP contribution in [0.4, 0.5) is 4.79 Å². The Balaban J connectivity index is 2.41. The SMILES string of the molecule is C[C@@H](c1nc2cccc(Cl)c2c(=O)n1-c1cccc(Cl)c1)N(C(=O)O)C(C)(C)C. The second kappa shape index (κ2) is 7.69. The van der Waals surface area contributed by atoms with Gasteiger partial charge >= 0.3 is 6.09 Å². The molecule has 0 aliphatic rings. The van der Waals surface area contributed by atoms with Gasteiger partial charge in [0.1, 0.15) is 5.82 Å². The quantitative estimate of drug-likeness (QED) is 0.588. The van der Waals surface area contributed by atoms with Crippen LogP contribution in [0, 0.1) is 0 Å². The van der Waals surface area contributed by atoms with Crippen molar-refractivity contribution in [2.24, 2.45) is 0 Å². The number of benzene rings is 2. The van der Waals surface area contributed by atoms with E-state index in [1.165, 1.54) is 9.47 Å². The molecule has 0 radical (unpaired) electrons. The Morgan fingerprint density at radius 3 is 2.41 bits per heavy atom. The van der Waals surface area contributed by atoms with Gasteiger partial charge in [-0.25, -0.2) is 9.78 Å². The van der Waals surface area contributed by atoms with Gasteiger partial charge in [0.25, 0.3) is 5.56 Å². The van der Waals surface area contributed by atoms with Crippen molar-refractivity contribution in [1.29, 1.82) is 0 Å². The Morgan fingerprint density at radius 1 is 1.17 bits per heavy atom. The van der Waals surface area contributed by atoms with Crippen molar-refractivity contribution in [3.8, 4) is 5.69 Å². The largest absolute Gasteiger partial charge is 0.465 e. The second-order valence-corrected chi connectivity index (χ2v) is 8.57. The van der Waals surface area contributed by atoms with Gasteiger partial charge in [-0.3, -0.25) is 14.3 Å². The van der Waals surface area contributed by atoms with Crippen LogP contribution in [-0.2, 0) is 0 Å². The number of nitrogens with zero attached hydrogens (tertiary/aromatic N) is 3. The lowest BCUT2D eigenvalue weighted by Gasteiger charge is -2.38. The maximum Gasteiger partial charge on any atom is 0.408 e. The number of carbonyl (C=O) groups is 1. The van der Waals surface area contributed by atoms with Crippen LogP contribution in [0.3, 0.4) is 0 Å². The van der Waals surface area contributed by atoms with Crippen LogP contribution < -0.4 is 5.56 Å². The van der Waals surface area contributed by atoms with Gasteiger partial charge in [0, 0.05) is 10.6 Å². The number of aromatic nitrogens is 2. The third-order valence-corrected chi connectivity index (χ3v) is 5.18. The summed E-state index contributed by atoms with van der Waals surface area (Å²) in [4.78, 5) is 31.4. The predicted octanol–water partition coefficient (Wildman–Crippen LogP) is 5.53. The monoisotopic (exact) mass is 433 g/mol. The first-order chi connectivity index (χ1) is 13.5. The molecule has 152 valence electrons. The molecule has 3 rings (SSSR count). The predicted molar refractivity (Wildman–Crippen MR) is 115 cm³/mol. The molecule has 0 saturated carbocycles. The number of carboxylic acid groups (broad SMARTS) is 1. The summed E-state index contributed by atoms with van der Waals surface area (Å²) in [7, 11) is 0. The van der Waals surface area contributed by atoms with Gasteiger partial charge in [0.05, 0.1) is 27.7 Å². The van der Waals surface area contributed by atoms with E-state index < -0.39 is 17.7 Å². The molecule has 1 N–H and O–H groups in total. The fraction of sp³-hybridized carbons (Fsp3) is 0.286. The van der Waals surface area contributed by atoms with Crippen molar-refractivity contribution in [1.82, 2.24) is 14.5 Å². The molecule has 0 spiro atoms. The molecule has 0 aliphatic carbocycles. The zero-order valence-electron chi connectivity index (χ0n) is 16.5. The van der Waals surface area contributed by atoms with E-state index in [0.29, 0.717) is 16.2 Å². The zero-order valence-corrected chi connectivity index (χ0v) is 18.0. The fourth-order valence-corrected chi connectivity index (χ4v) is 3.94. The summed E-state index contributed by atoms with van der Waals surface area (Å²) >= 11 is 12.4.